The highest BCUT2D eigenvalue weighted by Crippen LogP contribution is 2.21. The van der Waals surface area contributed by atoms with E-state index in [1.165, 1.54) is 0 Å². The van der Waals surface area contributed by atoms with Gasteiger partial charge in [0.25, 0.3) is 5.56 Å². The lowest BCUT2D eigenvalue weighted by Gasteiger charge is -2.10. The van der Waals surface area contributed by atoms with Crippen molar-refractivity contribution in [1.82, 2.24) is 15.0 Å². The van der Waals surface area contributed by atoms with Crippen molar-refractivity contribution in [2.45, 2.75) is 39.5 Å². The molecule has 0 bridgehead atoms. The van der Waals surface area contributed by atoms with Crippen LogP contribution in [0.25, 0.3) is 11.2 Å². The molecule has 4 nitrogen and oxygen atoms in total. The molecule has 0 saturated heterocycles. The summed E-state index contributed by atoms with van der Waals surface area (Å²) in [6.07, 6.45) is 1.71. The van der Waals surface area contributed by atoms with Gasteiger partial charge < -0.3 is 4.98 Å². The normalized spacial score (nSPS) is 11.6. The summed E-state index contributed by atoms with van der Waals surface area (Å²) in [4.78, 5) is 23.3. The van der Waals surface area contributed by atoms with Crippen molar-refractivity contribution in [3.05, 3.63) is 33.9 Å². The van der Waals surface area contributed by atoms with Crippen molar-refractivity contribution >= 4 is 11.2 Å². The molecule has 0 spiro atoms. The zero-order chi connectivity index (χ0) is 12.6. The molecule has 0 aliphatic carbocycles. The fraction of sp³-hybridized carbons (Fsp3) is 0.462. The summed E-state index contributed by atoms with van der Waals surface area (Å²) in [5.41, 5.74) is 2.94. The van der Waals surface area contributed by atoms with Gasteiger partial charge in [-0.05, 0) is 17.5 Å². The van der Waals surface area contributed by atoms with Crippen molar-refractivity contribution in [2.75, 3.05) is 0 Å². The summed E-state index contributed by atoms with van der Waals surface area (Å²) in [5, 5.41) is 0. The van der Waals surface area contributed by atoms with Crippen LogP contribution in [0.1, 0.15) is 50.8 Å². The third-order valence-corrected chi connectivity index (χ3v) is 2.82. The molecule has 2 rings (SSSR count). The second-order valence-corrected chi connectivity index (χ2v) is 4.86. The van der Waals surface area contributed by atoms with Crippen LogP contribution in [0.3, 0.4) is 0 Å². The molecular weight excluding hydrogens is 214 g/mol. The van der Waals surface area contributed by atoms with Crippen LogP contribution in [0.2, 0.25) is 0 Å². The molecule has 0 fully saturated rings. The predicted molar refractivity (Wildman–Crippen MR) is 68.3 cm³/mol. The molecule has 2 aromatic heterocycles. The van der Waals surface area contributed by atoms with E-state index in [-0.39, 0.29) is 11.5 Å². The number of aromatic amines is 1. The van der Waals surface area contributed by atoms with E-state index < -0.39 is 0 Å². The summed E-state index contributed by atoms with van der Waals surface area (Å²) >= 11 is 0. The number of aromatic nitrogens is 3. The first-order chi connectivity index (χ1) is 8.00. The maximum atomic E-state index is 11.8. The standard InChI is InChI=1S/C13H17N3O/c1-7(2)9-5-6-14-12-11(9)15-10(8(3)4)13(17)16-12/h5-8H,1-4H3,(H,14,16,17). The van der Waals surface area contributed by atoms with E-state index in [0.29, 0.717) is 17.3 Å². The molecule has 1 N–H and O–H groups in total. The van der Waals surface area contributed by atoms with Gasteiger partial charge in [0.05, 0.1) is 0 Å². The Kier molecular flexibility index (Phi) is 2.96. The first kappa shape index (κ1) is 11.8. The third-order valence-electron chi connectivity index (χ3n) is 2.82. The number of pyridine rings is 1. The van der Waals surface area contributed by atoms with E-state index in [1.807, 2.05) is 19.9 Å². The smallest absolute Gasteiger partial charge is 0.271 e. The van der Waals surface area contributed by atoms with E-state index in [0.717, 1.165) is 11.1 Å². The van der Waals surface area contributed by atoms with Gasteiger partial charge in [0, 0.05) is 12.1 Å². The van der Waals surface area contributed by atoms with Gasteiger partial charge in [-0.25, -0.2) is 9.97 Å². The summed E-state index contributed by atoms with van der Waals surface area (Å²) in [6, 6.07) is 1.96. The monoisotopic (exact) mass is 231 g/mol. The van der Waals surface area contributed by atoms with Crippen LogP contribution in [0.5, 0.6) is 0 Å². The Bertz CT molecular complexity index is 599. The molecule has 2 heterocycles. The van der Waals surface area contributed by atoms with Crippen LogP contribution in [-0.2, 0) is 0 Å². The summed E-state index contributed by atoms with van der Waals surface area (Å²) in [5.74, 6) is 0.474. The number of hydrogen-bond donors (Lipinski definition) is 1. The first-order valence-corrected chi connectivity index (χ1v) is 5.89. The Morgan fingerprint density at radius 3 is 2.47 bits per heavy atom. The molecular formula is C13H17N3O. The van der Waals surface area contributed by atoms with Crippen LogP contribution < -0.4 is 5.56 Å². The Labute approximate surface area is 100 Å². The number of rotatable bonds is 2. The molecule has 0 amide bonds. The number of hydrogen-bond acceptors (Lipinski definition) is 3. The molecule has 0 atom stereocenters. The van der Waals surface area contributed by atoms with Crippen LogP contribution in [0, 0.1) is 0 Å². The molecule has 0 aliphatic rings. The second kappa shape index (κ2) is 4.28. The molecule has 0 unspecified atom stereocenters. The predicted octanol–water partition coefficient (Wildman–Crippen LogP) is 2.56. The van der Waals surface area contributed by atoms with E-state index in [9.17, 15) is 4.79 Å². The van der Waals surface area contributed by atoms with Crippen molar-refractivity contribution in [3.8, 4) is 0 Å². The van der Waals surface area contributed by atoms with E-state index in [2.05, 4.69) is 28.8 Å². The first-order valence-electron chi connectivity index (χ1n) is 5.89. The van der Waals surface area contributed by atoms with Gasteiger partial charge in [0.2, 0.25) is 0 Å². The van der Waals surface area contributed by atoms with Gasteiger partial charge in [-0.15, -0.1) is 0 Å². The third kappa shape index (κ3) is 2.07. The molecule has 17 heavy (non-hydrogen) atoms. The molecule has 0 aromatic carbocycles. The Morgan fingerprint density at radius 2 is 1.88 bits per heavy atom. The van der Waals surface area contributed by atoms with Crippen molar-refractivity contribution < 1.29 is 0 Å². The number of H-pyrrole nitrogens is 1. The Hall–Kier alpha value is -1.71. The van der Waals surface area contributed by atoms with Crippen LogP contribution in [0.4, 0.5) is 0 Å². The largest absolute Gasteiger partial charge is 0.304 e. The summed E-state index contributed by atoms with van der Waals surface area (Å²) in [7, 11) is 0. The molecule has 0 aliphatic heterocycles. The average Bonchev–Trinajstić information content (AvgIpc) is 2.26. The number of nitrogens with one attached hydrogen (secondary N) is 1. The van der Waals surface area contributed by atoms with Gasteiger partial charge in [0.1, 0.15) is 11.2 Å². The Balaban J connectivity index is 2.81. The lowest BCUT2D eigenvalue weighted by atomic mass is 10.0. The lowest BCUT2D eigenvalue weighted by Crippen LogP contribution is -2.17. The van der Waals surface area contributed by atoms with E-state index in [1.54, 1.807) is 6.20 Å². The molecule has 2 aromatic rings. The zero-order valence-electron chi connectivity index (χ0n) is 10.6. The molecule has 90 valence electrons. The zero-order valence-corrected chi connectivity index (χ0v) is 10.6. The highest BCUT2D eigenvalue weighted by molar-refractivity contribution is 5.74. The van der Waals surface area contributed by atoms with Crippen LogP contribution in [-0.4, -0.2) is 15.0 Å². The van der Waals surface area contributed by atoms with E-state index in [4.69, 9.17) is 0 Å². The summed E-state index contributed by atoms with van der Waals surface area (Å²) in [6.45, 7) is 8.15. The van der Waals surface area contributed by atoms with Crippen LogP contribution in [0.15, 0.2) is 17.1 Å². The maximum Gasteiger partial charge on any atom is 0.271 e. The summed E-state index contributed by atoms with van der Waals surface area (Å²) < 4.78 is 0. The number of fused-ring (bicyclic) bond motifs is 1. The number of nitrogens with zero attached hydrogens (tertiary/aromatic N) is 2. The van der Waals surface area contributed by atoms with E-state index >= 15 is 0 Å². The van der Waals surface area contributed by atoms with Gasteiger partial charge in [0.15, 0.2) is 5.65 Å². The minimum Gasteiger partial charge on any atom is -0.304 e. The topological polar surface area (TPSA) is 58.6 Å². The highest BCUT2D eigenvalue weighted by atomic mass is 16.1. The van der Waals surface area contributed by atoms with Gasteiger partial charge >= 0.3 is 0 Å². The average molecular weight is 231 g/mol. The van der Waals surface area contributed by atoms with Crippen LogP contribution >= 0.6 is 0 Å². The van der Waals surface area contributed by atoms with Crippen molar-refractivity contribution in [3.63, 3.8) is 0 Å². The highest BCUT2D eigenvalue weighted by Gasteiger charge is 2.13. The lowest BCUT2D eigenvalue weighted by molar-refractivity contribution is 0.799. The molecule has 0 radical (unpaired) electrons. The van der Waals surface area contributed by atoms with Crippen molar-refractivity contribution in [2.24, 2.45) is 0 Å². The minimum atomic E-state index is -0.138. The Morgan fingerprint density at radius 1 is 1.18 bits per heavy atom. The molecule has 4 heteroatoms. The SMILES string of the molecule is CC(C)c1nc2c(C(C)C)ccnc2[nH]c1=O. The van der Waals surface area contributed by atoms with Crippen molar-refractivity contribution in [1.29, 1.82) is 0 Å². The fourth-order valence-electron chi connectivity index (χ4n) is 1.88. The van der Waals surface area contributed by atoms with Gasteiger partial charge in [-0.2, -0.15) is 0 Å². The quantitative estimate of drug-likeness (QED) is 0.864. The fourth-order valence-corrected chi connectivity index (χ4v) is 1.88. The maximum absolute atomic E-state index is 11.8. The molecule has 0 saturated carbocycles. The van der Waals surface area contributed by atoms with Gasteiger partial charge in [-0.3, -0.25) is 4.79 Å². The minimum absolute atomic E-state index is 0.114. The second-order valence-electron chi connectivity index (χ2n) is 4.86. The van der Waals surface area contributed by atoms with Gasteiger partial charge in [-0.1, -0.05) is 27.7 Å².